The molecule has 1 amide bonds. The van der Waals surface area contributed by atoms with Crippen LogP contribution in [0.25, 0.3) is 6.08 Å². The van der Waals surface area contributed by atoms with E-state index in [1.165, 1.54) is 0 Å². The Labute approximate surface area is 147 Å². The molecule has 0 saturated heterocycles. The number of benzene rings is 1. The zero-order chi connectivity index (χ0) is 18.4. The highest BCUT2D eigenvalue weighted by molar-refractivity contribution is 6.16. The number of ether oxygens (including phenoxy) is 3. The predicted octanol–water partition coefficient (Wildman–Crippen LogP) is 2.40. The Balaban J connectivity index is 2.46. The molecular weight excluding hydrogens is 322 g/mol. The van der Waals surface area contributed by atoms with Crippen LogP contribution in [-0.4, -0.2) is 50.8 Å². The summed E-state index contributed by atoms with van der Waals surface area (Å²) in [5.74, 6) is -0.0581. The Morgan fingerprint density at radius 3 is 2.68 bits per heavy atom. The van der Waals surface area contributed by atoms with Crippen molar-refractivity contribution in [3.63, 3.8) is 0 Å². The quantitative estimate of drug-likeness (QED) is 0.561. The summed E-state index contributed by atoms with van der Waals surface area (Å²) in [6.07, 6.45) is 1.69. The van der Waals surface area contributed by atoms with E-state index in [0.717, 1.165) is 5.56 Å². The van der Waals surface area contributed by atoms with Crippen molar-refractivity contribution < 1.29 is 23.8 Å². The number of allylic oxidation sites excluding steroid dienone is 1. The Morgan fingerprint density at radius 2 is 2.04 bits per heavy atom. The van der Waals surface area contributed by atoms with Crippen LogP contribution in [0.3, 0.4) is 0 Å². The van der Waals surface area contributed by atoms with Crippen LogP contribution in [0, 0.1) is 0 Å². The summed E-state index contributed by atoms with van der Waals surface area (Å²) >= 11 is 0. The third kappa shape index (κ3) is 4.09. The van der Waals surface area contributed by atoms with E-state index in [2.05, 4.69) is 0 Å². The lowest BCUT2D eigenvalue weighted by molar-refractivity contribution is -0.138. The number of amides is 1. The maximum atomic E-state index is 12.8. The van der Waals surface area contributed by atoms with Gasteiger partial charge in [-0.2, -0.15) is 0 Å². The minimum absolute atomic E-state index is 0.236. The van der Waals surface area contributed by atoms with E-state index in [1.54, 1.807) is 45.1 Å². The van der Waals surface area contributed by atoms with E-state index >= 15 is 0 Å². The van der Waals surface area contributed by atoms with Gasteiger partial charge in [0, 0.05) is 19.4 Å². The summed E-state index contributed by atoms with van der Waals surface area (Å²) in [6.45, 7) is 4.48. The average Bonchev–Trinajstić information content (AvgIpc) is 2.84. The van der Waals surface area contributed by atoms with Crippen molar-refractivity contribution in [3.8, 4) is 5.75 Å². The van der Waals surface area contributed by atoms with E-state index in [4.69, 9.17) is 14.2 Å². The fraction of sp³-hybridized carbons (Fsp3) is 0.368. The molecule has 0 unspecified atom stereocenters. The normalized spacial score (nSPS) is 15.9. The van der Waals surface area contributed by atoms with Crippen molar-refractivity contribution in [2.24, 2.45) is 0 Å². The second-order valence-electron chi connectivity index (χ2n) is 5.47. The fourth-order valence-electron chi connectivity index (χ4n) is 2.68. The highest BCUT2D eigenvalue weighted by Gasteiger charge is 2.36. The summed E-state index contributed by atoms with van der Waals surface area (Å²) in [4.78, 5) is 26.8. The maximum absolute atomic E-state index is 12.8. The molecule has 1 aliphatic heterocycles. The molecule has 0 fully saturated rings. The molecule has 1 aromatic rings. The van der Waals surface area contributed by atoms with E-state index < -0.39 is 5.97 Å². The molecule has 1 aliphatic rings. The topological polar surface area (TPSA) is 65.1 Å². The lowest BCUT2D eigenvalue weighted by atomic mass is 10.0. The first-order valence-corrected chi connectivity index (χ1v) is 8.08. The molecular formula is C19H23NO5. The van der Waals surface area contributed by atoms with Crippen molar-refractivity contribution in [3.05, 3.63) is 46.7 Å². The first kappa shape index (κ1) is 18.7. The monoisotopic (exact) mass is 345 g/mol. The van der Waals surface area contributed by atoms with Crippen molar-refractivity contribution in [2.45, 2.75) is 13.8 Å². The summed E-state index contributed by atoms with van der Waals surface area (Å²) in [5, 5.41) is 0. The molecule has 0 N–H and O–H groups in total. The van der Waals surface area contributed by atoms with Gasteiger partial charge in [-0.25, -0.2) is 4.79 Å². The number of hydrogen-bond donors (Lipinski definition) is 0. The zero-order valence-electron chi connectivity index (χ0n) is 15.0. The summed E-state index contributed by atoms with van der Waals surface area (Å²) in [5.41, 5.74) is 1.96. The molecule has 0 aliphatic carbocycles. The molecule has 0 radical (unpaired) electrons. The van der Waals surface area contributed by atoms with Crippen LogP contribution in [0.5, 0.6) is 5.75 Å². The standard InChI is InChI=1S/C19H23NO5/c1-5-25-19(22)17-13(2)20(9-10-23-3)18(21)16(17)12-14-7-6-8-15(11-14)24-4/h6-8,11-12H,5,9-10H2,1-4H3/b16-12-. The number of nitrogens with zero attached hydrogens (tertiary/aromatic N) is 1. The molecule has 0 aromatic heterocycles. The molecule has 0 saturated carbocycles. The van der Waals surface area contributed by atoms with Crippen molar-refractivity contribution in [1.82, 2.24) is 4.90 Å². The SMILES string of the molecule is CCOC(=O)C1=C(C)N(CCOC)C(=O)/C1=C\c1cccc(OC)c1. The van der Waals surface area contributed by atoms with Gasteiger partial charge in [0.15, 0.2) is 0 Å². The minimum Gasteiger partial charge on any atom is -0.497 e. The molecule has 6 nitrogen and oxygen atoms in total. The summed E-state index contributed by atoms with van der Waals surface area (Å²) < 4.78 is 15.4. The third-order valence-electron chi connectivity index (χ3n) is 3.91. The van der Waals surface area contributed by atoms with Crippen LogP contribution >= 0.6 is 0 Å². The second-order valence-corrected chi connectivity index (χ2v) is 5.47. The number of carbonyl (C=O) groups excluding carboxylic acids is 2. The van der Waals surface area contributed by atoms with Crippen LogP contribution in [0.1, 0.15) is 19.4 Å². The highest BCUT2D eigenvalue weighted by Crippen LogP contribution is 2.32. The van der Waals surface area contributed by atoms with Gasteiger partial charge in [-0.1, -0.05) is 12.1 Å². The molecule has 6 heteroatoms. The largest absolute Gasteiger partial charge is 0.497 e. The molecule has 134 valence electrons. The summed E-state index contributed by atoms with van der Waals surface area (Å²) in [7, 11) is 3.15. The fourth-order valence-corrected chi connectivity index (χ4v) is 2.68. The molecule has 2 rings (SSSR count). The van der Waals surface area contributed by atoms with Crippen LogP contribution in [0.15, 0.2) is 41.1 Å². The van der Waals surface area contributed by atoms with Crippen LogP contribution in [0.4, 0.5) is 0 Å². The van der Waals surface area contributed by atoms with Gasteiger partial charge in [-0.05, 0) is 37.6 Å². The Hall–Kier alpha value is -2.60. The molecule has 0 spiro atoms. The Bertz CT molecular complexity index is 720. The van der Waals surface area contributed by atoms with Crippen LogP contribution in [-0.2, 0) is 19.1 Å². The smallest absolute Gasteiger partial charge is 0.340 e. The van der Waals surface area contributed by atoms with E-state index in [0.29, 0.717) is 35.7 Å². The summed E-state index contributed by atoms with van der Waals surface area (Å²) in [6, 6.07) is 7.29. The molecule has 25 heavy (non-hydrogen) atoms. The average molecular weight is 345 g/mol. The van der Waals surface area contributed by atoms with Gasteiger partial charge < -0.3 is 19.1 Å². The van der Waals surface area contributed by atoms with E-state index in [9.17, 15) is 9.59 Å². The van der Waals surface area contributed by atoms with Crippen LogP contribution in [0.2, 0.25) is 0 Å². The van der Waals surface area contributed by atoms with Gasteiger partial charge >= 0.3 is 5.97 Å². The predicted molar refractivity (Wildman–Crippen MR) is 93.9 cm³/mol. The lowest BCUT2D eigenvalue weighted by Crippen LogP contribution is -2.28. The van der Waals surface area contributed by atoms with E-state index in [1.807, 2.05) is 18.2 Å². The molecule has 0 atom stereocenters. The van der Waals surface area contributed by atoms with Gasteiger partial charge in [0.1, 0.15) is 5.75 Å². The highest BCUT2D eigenvalue weighted by atomic mass is 16.5. The van der Waals surface area contributed by atoms with Crippen molar-refractivity contribution in [2.75, 3.05) is 34.0 Å². The zero-order valence-corrected chi connectivity index (χ0v) is 15.0. The number of carbonyl (C=O) groups is 2. The Kier molecular flexibility index (Phi) is 6.36. The molecule has 1 heterocycles. The first-order valence-electron chi connectivity index (χ1n) is 8.08. The number of rotatable bonds is 7. The second kappa shape index (κ2) is 8.48. The van der Waals surface area contributed by atoms with Gasteiger partial charge in [0.25, 0.3) is 5.91 Å². The first-order chi connectivity index (χ1) is 12.0. The third-order valence-corrected chi connectivity index (χ3v) is 3.91. The van der Waals surface area contributed by atoms with Crippen molar-refractivity contribution >= 4 is 18.0 Å². The minimum atomic E-state index is -0.498. The maximum Gasteiger partial charge on any atom is 0.340 e. The van der Waals surface area contributed by atoms with Gasteiger partial charge in [-0.15, -0.1) is 0 Å². The van der Waals surface area contributed by atoms with E-state index in [-0.39, 0.29) is 12.5 Å². The van der Waals surface area contributed by atoms with Crippen molar-refractivity contribution in [1.29, 1.82) is 0 Å². The van der Waals surface area contributed by atoms with Gasteiger partial charge in [0.2, 0.25) is 0 Å². The number of methoxy groups -OCH3 is 2. The Morgan fingerprint density at radius 1 is 1.28 bits per heavy atom. The van der Waals surface area contributed by atoms with Gasteiger partial charge in [0.05, 0.1) is 31.5 Å². The lowest BCUT2D eigenvalue weighted by Gasteiger charge is -2.16. The van der Waals surface area contributed by atoms with Crippen LogP contribution < -0.4 is 4.74 Å². The molecule has 1 aromatic carbocycles. The number of hydrogen-bond acceptors (Lipinski definition) is 5. The molecule has 0 bridgehead atoms. The van der Waals surface area contributed by atoms with Gasteiger partial charge in [-0.3, -0.25) is 4.79 Å². The number of esters is 1.